The molecule has 5 nitrogen and oxygen atoms in total. The fraction of sp³-hybridized carbons (Fsp3) is 0.143. The Kier molecular flexibility index (Phi) is 6.22. The zero-order chi connectivity index (χ0) is 19.1. The summed E-state index contributed by atoms with van der Waals surface area (Å²) in [4.78, 5) is 25.7. The second-order valence-corrected chi connectivity index (χ2v) is 6.78. The Morgan fingerprint density at radius 3 is 2.44 bits per heavy atom. The van der Waals surface area contributed by atoms with Gasteiger partial charge in [0.2, 0.25) is 0 Å². The molecule has 1 aromatic heterocycles. The maximum Gasteiger partial charge on any atom is 0.340 e. The molecule has 0 aliphatic carbocycles. The van der Waals surface area contributed by atoms with Crippen molar-refractivity contribution in [3.8, 4) is 0 Å². The van der Waals surface area contributed by atoms with E-state index in [1.165, 1.54) is 0 Å². The van der Waals surface area contributed by atoms with Crippen LogP contribution in [0.25, 0.3) is 0 Å². The van der Waals surface area contributed by atoms with Gasteiger partial charge in [-0.1, -0.05) is 48.5 Å². The average molecular weight is 380 g/mol. The molecule has 0 fully saturated rings. The van der Waals surface area contributed by atoms with Crippen molar-refractivity contribution >= 4 is 28.9 Å². The summed E-state index contributed by atoms with van der Waals surface area (Å²) in [5.41, 5.74) is 2.02. The minimum atomic E-state index is -0.539. The quantitative estimate of drug-likeness (QED) is 0.611. The van der Waals surface area contributed by atoms with Crippen LogP contribution in [0.15, 0.2) is 72.1 Å². The highest BCUT2D eigenvalue weighted by atomic mass is 32.1. The van der Waals surface area contributed by atoms with Crippen molar-refractivity contribution in [2.24, 2.45) is 0 Å². The Hall–Kier alpha value is -3.12. The normalized spacial score (nSPS) is 11.4. The first kappa shape index (κ1) is 18.7. The molecular weight excluding hydrogens is 360 g/mol. The minimum absolute atomic E-state index is 0.276. The third-order valence-corrected chi connectivity index (χ3v) is 4.95. The van der Waals surface area contributed by atoms with Crippen molar-refractivity contribution in [3.05, 3.63) is 88.1 Å². The van der Waals surface area contributed by atoms with Crippen LogP contribution in [0.2, 0.25) is 0 Å². The van der Waals surface area contributed by atoms with Crippen molar-refractivity contribution in [1.29, 1.82) is 0 Å². The van der Waals surface area contributed by atoms with E-state index in [9.17, 15) is 9.59 Å². The monoisotopic (exact) mass is 380 g/mol. The molecule has 2 aromatic carbocycles. The van der Waals surface area contributed by atoms with Crippen molar-refractivity contribution in [3.63, 3.8) is 0 Å². The molecule has 1 amide bonds. The lowest BCUT2D eigenvalue weighted by Crippen LogP contribution is -2.32. The second-order valence-electron chi connectivity index (χ2n) is 5.80. The SMILES string of the molecule is CNc1ccccc1C(=O)OCC(=O)N[C@H](c1ccccc1)c1cccs1. The predicted octanol–water partition coefficient (Wildman–Crippen LogP) is 3.85. The maximum atomic E-state index is 12.4. The van der Waals surface area contributed by atoms with Crippen LogP contribution >= 0.6 is 11.3 Å². The number of amides is 1. The Morgan fingerprint density at radius 2 is 1.74 bits per heavy atom. The number of anilines is 1. The molecule has 0 bridgehead atoms. The maximum absolute atomic E-state index is 12.4. The summed E-state index contributed by atoms with van der Waals surface area (Å²) < 4.78 is 5.20. The first-order valence-corrected chi connectivity index (χ1v) is 9.38. The number of para-hydroxylation sites is 1. The molecule has 1 heterocycles. The highest BCUT2D eigenvalue weighted by molar-refractivity contribution is 7.10. The van der Waals surface area contributed by atoms with Crippen molar-refractivity contribution in [1.82, 2.24) is 5.32 Å². The molecule has 6 heteroatoms. The van der Waals surface area contributed by atoms with Crippen LogP contribution in [0.5, 0.6) is 0 Å². The minimum Gasteiger partial charge on any atom is -0.452 e. The Bertz CT molecular complexity index is 895. The number of hydrogen-bond acceptors (Lipinski definition) is 5. The number of carbonyl (C=O) groups is 2. The molecule has 0 radical (unpaired) electrons. The summed E-state index contributed by atoms with van der Waals surface area (Å²) in [6.07, 6.45) is 0. The first-order chi connectivity index (χ1) is 13.2. The van der Waals surface area contributed by atoms with Crippen molar-refractivity contribution < 1.29 is 14.3 Å². The van der Waals surface area contributed by atoms with Gasteiger partial charge in [0, 0.05) is 17.6 Å². The fourth-order valence-corrected chi connectivity index (χ4v) is 3.51. The number of thiophene rings is 1. The van der Waals surface area contributed by atoms with E-state index < -0.39 is 5.97 Å². The topological polar surface area (TPSA) is 67.4 Å². The van der Waals surface area contributed by atoms with Gasteiger partial charge in [0.25, 0.3) is 5.91 Å². The van der Waals surface area contributed by atoms with Gasteiger partial charge in [-0.15, -0.1) is 11.3 Å². The van der Waals surface area contributed by atoms with Gasteiger partial charge in [-0.25, -0.2) is 4.79 Å². The van der Waals surface area contributed by atoms with E-state index >= 15 is 0 Å². The standard InChI is InChI=1S/C21H20N2O3S/c1-22-17-11-6-5-10-16(17)21(25)26-14-19(24)23-20(18-12-7-13-27-18)15-8-3-2-4-9-15/h2-13,20,22H,14H2,1H3,(H,23,24)/t20-/m1/s1. The Balaban J connectivity index is 1.66. The molecule has 0 saturated heterocycles. The van der Waals surface area contributed by atoms with E-state index in [-0.39, 0.29) is 18.6 Å². The van der Waals surface area contributed by atoms with E-state index in [1.807, 2.05) is 53.9 Å². The van der Waals surface area contributed by atoms with Crippen LogP contribution in [0.3, 0.4) is 0 Å². The summed E-state index contributed by atoms with van der Waals surface area (Å²) in [6, 6.07) is 20.3. The van der Waals surface area contributed by atoms with E-state index in [0.717, 1.165) is 10.4 Å². The summed E-state index contributed by atoms with van der Waals surface area (Å²) in [5, 5.41) is 7.85. The van der Waals surface area contributed by atoms with E-state index in [1.54, 1.807) is 36.6 Å². The van der Waals surface area contributed by atoms with Gasteiger partial charge in [-0.05, 0) is 29.1 Å². The zero-order valence-corrected chi connectivity index (χ0v) is 15.7. The van der Waals surface area contributed by atoms with Gasteiger partial charge in [0.1, 0.15) is 0 Å². The molecule has 0 aliphatic heterocycles. The van der Waals surface area contributed by atoms with Crippen LogP contribution in [0.1, 0.15) is 26.8 Å². The van der Waals surface area contributed by atoms with Gasteiger partial charge in [-0.3, -0.25) is 4.79 Å². The lowest BCUT2D eigenvalue weighted by Gasteiger charge is -2.18. The van der Waals surface area contributed by atoms with E-state index in [2.05, 4.69) is 10.6 Å². The van der Waals surface area contributed by atoms with Gasteiger partial charge < -0.3 is 15.4 Å². The lowest BCUT2D eigenvalue weighted by atomic mass is 10.1. The number of hydrogen-bond donors (Lipinski definition) is 2. The van der Waals surface area contributed by atoms with Gasteiger partial charge in [0.05, 0.1) is 11.6 Å². The molecule has 1 atom stereocenters. The number of rotatable bonds is 7. The molecule has 138 valence electrons. The number of ether oxygens (including phenoxy) is 1. The zero-order valence-electron chi connectivity index (χ0n) is 14.8. The number of esters is 1. The molecule has 0 aliphatic rings. The Labute approximate surface area is 162 Å². The summed E-state index contributed by atoms with van der Waals surface area (Å²) in [6.45, 7) is -0.342. The van der Waals surface area contributed by atoms with Gasteiger partial charge in [0.15, 0.2) is 6.61 Å². The summed E-state index contributed by atoms with van der Waals surface area (Å²) >= 11 is 1.56. The smallest absolute Gasteiger partial charge is 0.340 e. The van der Waals surface area contributed by atoms with Crippen LogP contribution in [-0.4, -0.2) is 25.5 Å². The van der Waals surface area contributed by atoms with Crippen molar-refractivity contribution in [2.75, 3.05) is 19.0 Å². The van der Waals surface area contributed by atoms with Gasteiger partial charge >= 0.3 is 5.97 Å². The number of carbonyl (C=O) groups excluding carboxylic acids is 2. The highest BCUT2D eigenvalue weighted by Gasteiger charge is 2.19. The predicted molar refractivity (Wildman–Crippen MR) is 107 cm³/mol. The highest BCUT2D eigenvalue weighted by Crippen LogP contribution is 2.25. The van der Waals surface area contributed by atoms with E-state index in [4.69, 9.17) is 4.74 Å². The van der Waals surface area contributed by atoms with Crippen molar-refractivity contribution in [2.45, 2.75) is 6.04 Å². The number of nitrogens with one attached hydrogen (secondary N) is 2. The summed E-state index contributed by atoms with van der Waals surface area (Å²) in [5.74, 6) is -0.893. The lowest BCUT2D eigenvalue weighted by molar-refractivity contribution is -0.124. The molecule has 0 saturated carbocycles. The summed E-state index contributed by atoms with van der Waals surface area (Å²) in [7, 11) is 1.73. The third kappa shape index (κ3) is 4.74. The first-order valence-electron chi connectivity index (χ1n) is 8.50. The van der Waals surface area contributed by atoms with E-state index in [0.29, 0.717) is 11.3 Å². The average Bonchev–Trinajstić information content (AvgIpc) is 3.25. The number of benzene rings is 2. The molecule has 3 aromatic rings. The van der Waals surface area contributed by atoms with Crippen LogP contribution in [0.4, 0.5) is 5.69 Å². The molecule has 27 heavy (non-hydrogen) atoms. The molecule has 2 N–H and O–H groups in total. The molecule has 0 unspecified atom stereocenters. The third-order valence-electron chi connectivity index (χ3n) is 4.02. The molecule has 0 spiro atoms. The molecular formula is C21H20N2O3S. The van der Waals surface area contributed by atoms with Crippen LogP contribution < -0.4 is 10.6 Å². The van der Waals surface area contributed by atoms with Crippen LogP contribution in [-0.2, 0) is 9.53 Å². The fourth-order valence-electron chi connectivity index (χ4n) is 2.71. The largest absolute Gasteiger partial charge is 0.452 e. The Morgan fingerprint density at radius 1 is 1.00 bits per heavy atom. The van der Waals surface area contributed by atoms with Gasteiger partial charge in [-0.2, -0.15) is 0 Å². The second kappa shape index (κ2) is 9.00. The molecule has 3 rings (SSSR count). The van der Waals surface area contributed by atoms with Crippen LogP contribution in [0, 0.1) is 0 Å².